The first kappa shape index (κ1) is 22.0. The number of rotatable bonds is 6. The third kappa shape index (κ3) is 4.86. The molecule has 4 atom stereocenters. The van der Waals surface area contributed by atoms with E-state index < -0.39 is 0 Å². The number of hydrogen-bond donors (Lipinski definition) is 2. The van der Waals surface area contributed by atoms with Crippen molar-refractivity contribution in [2.75, 3.05) is 40.3 Å². The average molecular weight is 431 g/mol. The average Bonchev–Trinajstić information content (AvgIpc) is 3.37. The Bertz CT molecular complexity index is 786. The second-order valence-electron chi connectivity index (χ2n) is 9.00. The Kier molecular flexibility index (Phi) is 6.79. The zero-order valence-electron chi connectivity index (χ0n) is 18.5. The van der Waals surface area contributed by atoms with Crippen LogP contribution in [0.3, 0.4) is 0 Å². The largest absolute Gasteiger partial charge is 0.497 e. The van der Waals surface area contributed by atoms with Crippen LogP contribution in [0.4, 0.5) is 0 Å². The van der Waals surface area contributed by atoms with E-state index in [1.807, 2.05) is 24.3 Å². The van der Waals surface area contributed by atoms with E-state index in [0.29, 0.717) is 38.9 Å². The second-order valence-corrected chi connectivity index (χ2v) is 9.00. The van der Waals surface area contributed by atoms with Crippen LogP contribution in [-0.4, -0.2) is 96.2 Å². The Morgan fingerprint density at radius 1 is 1.23 bits per heavy atom. The van der Waals surface area contributed by atoms with Gasteiger partial charge in [-0.1, -0.05) is 12.1 Å². The van der Waals surface area contributed by atoms with Crippen LogP contribution in [-0.2, 0) is 16.1 Å². The number of methoxy groups -OCH3 is 1. The van der Waals surface area contributed by atoms with Gasteiger partial charge in [0, 0.05) is 51.2 Å². The lowest BCUT2D eigenvalue weighted by Crippen LogP contribution is -2.49. The molecule has 0 saturated carbocycles. The molecule has 3 heterocycles. The molecule has 0 radical (unpaired) electrons. The predicted octanol–water partition coefficient (Wildman–Crippen LogP) is 0.442. The summed E-state index contributed by atoms with van der Waals surface area (Å²) in [5.41, 5.74) is 1.16. The zero-order chi connectivity index (χ0) is 22.0. The van der Waals surface area contributed by atoms with Gasteiger partial charge in [-0.15, -0.1) is 0 Å². The molecule has 1 aromatic carbocycles. The number of aliphatic hydroxyl groups excluding tert-OH is 1. The van der Waals surface area contributed by atoms with Gasteiger partial charge in [-0.3, -0.25) is 19.4 Å². The number of ether oxygens (including phenoxy) is 1. The number of likely N-dealkylation sites (tertiary alicyclic amines) is 2. The van der Waals surface area contributed by atoms with Gasteiger partial charge in [0.25, 0.3) is 0 Å². The number of aliphatic hydroxyl groups is 1. The Hall–Kier alpha value is -2.16. The van der Waals surface area contributed by atoms with Gasteiger partial charge in [0.05, 0.1) is 13.2 Å². The summed E-state index contributed by atoms with van der Waals surface area (Å²) in [5.74, 6) is 1.01. The van der Waals surface area contributed by atoms with E-state index in [-0.39, 0.29) is 36.0 Å². The molecule has 2 N–H and O–H groups in total. The minimum absolute atomic E-state index is 0.0827. The first-order chi connectivity index (χ1) is 15.0. The molecule has 8 heteroatoms. The van der Waals surface area contributed by atoms with Crippen molar-refractivity contribution in [1.82, 2.24) is 20.0 Å². The zero-order valence-corrected chi connectivity index (χ0v) is 18.5. The highest BCUT2D eigenvalue weighted by molar-refractivity contribution is 5.83. The molecule has 2 amide bonds. The number of benzene rings is 1. The van der Waals surface area contributed by atoms with Crippen LogP contribution in [0.25, 0.3) is 0 Å². The minimum Gasteiger partial charge on any atom is -0.497 e. The van der Waals surface area contributed by atoms with E-state index in [4.69, 9.17) is 4.74 Å². The fourth-order valence-corrected chi connectivity index (χ4v) is 5.21. The summed E-state index contributed by atoms with van der Waals surface area (Å²) < 4.78 is 5.24. The molecule has 3 saturated heterocycles. The maximum absolute atomic E-state index is 13.0. The van der Waals surface area contributed by atoms with Crippen LogP contribution >= 0.6 is 0 Å². The third-order valence-corrected chi connectivity index (χ3v) is 7.10. The molecule has 0 bridgehead atoms. The van der Waals surface area contributed by atoms with Crippen molar-refractivity contribution >= 4 is 11.8 Å². The smallest absolute Gasteiger partial charge is 0.239 e. The monoisotopic (exact) mass is 430 g/mol. The summed E-state index contributed by atoms with van der Waals surface area (Å²) in [6, 6.07) is 8.11. The number of nitrogens with zero attached hydrogens (tertiary/aromatic N) is 3. The first-order valence-corrected chi connectivity index (χ1v) is 11.3. The highest BCUT2D eigenvalue weighted by Crippen LogP contribution is 2.29. The molecule has 3 fully saturated rings. The summed E-state index contributed by atoms with van der Waals surface area (Å²) in [4.78, 5) is 31.8. The van der Waals surface area contributed by atoms with Gasteiger partial charge in [-0.05, 0) is 44.0 Å². The summed E-state index contributed by atoms with van der Waals surface area (Å²) in [5, 5.41) is 12.8. The number of fused-ring (bicyclic) bond motifs is 1. The SMILES string of the molecule is COc1ccc(CN2CCC3C2C(=O)NCC(CCC(=O)N2CCC(O)C2)N3C)cc1. The third-order valence-electron chi connectivity index (χ3n) is 7.10. The van der Waals surface area contributed by atoms with Gasteiger partial charge in [0.15, 0.2) is 0 Å². The minimum atomic E-state index is -0.389. The molecule has 8 nitrogen and oxygen atoms in total. The van der Waals surface area contributed by atoms with Gasteiger partial charge < -0.3 is 20.1 Å². The molecule has 0 aromatic heterocycles. The van der Waals surface area contributed by atoms with E-state index >= 15 is 0 Å². The Labute approximate surface area is 184 Å². The number of β-amino-alcohol motifs (C(OH)–C–C–N with tert-alkyl or cyclic N) is 1. The van der Waals surface area contributed by atoms with Crippen molar-refractivity contribution in [3.63, 3.8) is 0 Å². The number of amides is 2. The number of likely N-dealkylation sites (N-methyl/N-ethyl adjacent to an activating group) is 1. The van der Waals surface area contributed by atoms with E-state index in [1.54, 1.807) is 12.0 Å². The summed E-state index contributed by atoms with van der Waals surface area (Å²) in [7, 11) is 3.74. The summed E-state index contributed by atoms with van der Waals surface area (Å²) >= 11 is 0. The van der Waals surface area contributed by atoms with Gasteiger partial charge in [-0.25, -0.2) is 0 Å². The lowest BCUT2D eigenvalue weighted by Gasteiger charge is -2.33. The van der Waals surface area contributed by atoms with Crippen molar-refractivity contribution < 1.29 is 19.4 Å². The van der Waals surface area contributed by atoms with Crippen molar-refractivity contribution in [2.45, 2.75) is 56.5 Å². The van der Waals surface area contributed by atoms with E-state index in [1.165, 1.54) is 0 Å². The molecular weight excluding hydrogens is 396 g/mol. The molecule has 1 aromatic rings. The normalized spacial score (nSPS) is 29.5. The highest BCUT2D eigenvalue weighted by Gasteiger charge is 2.45. The molecule has 0 aliphatic carbocycles. The fourth-order valence-electron chi connectivity index (χ4n) is 5.21. The highest BCUT2D eigenvalue weighted by atomic mass is 16.5. The molecule has 31 heavy (non-hydrogen) atoms. The lowest BCUT2D eigenvalue weighted by molar-refractivity contribution is -0.131. The molecule has 0 spiro atoms. The summed E-state index contributed by atoms with van der Waals surface area (Å²) in [6.07, 6.45) is 2.38. The van der Waals surface area contributed by atoms with Crippen LogP contribution in [0.15, 0.2) is 24.3 Å². The molecular formula is C23H34N4O4. The number of hydrogen-bond acceptors (Lipinski definition) is 6. The molecule has 4 unspecified atom stereocenters. The topological polar surface area (TPSA) is 85.3 Å². The van der Waals surface area contributed by atoms with E-state index in [2.05, 4.69) is 22.2 Å². The number of carbonyl (C=O) groups excluding carboxylic acids is 2. The van der Waals surface area contributed by atoms with Gasteiger partial charge in [0.1, 0.15) is 11.8 Å². The van der Waals surface area contributed by atoms with Crippen LogP contribution < -0.4 is 10.1 Å². The quantitative estimate of drug-likeness (QED) is 0.681. The van der Waals surface area contributed by atoms with E-state index in [0.717, 1.165) is 30.8 Å². The molecule has 3 aliphatic rings. The molecule has 170 valence electrons. The second kappa shape index (κ2) is 9.54. The van der Waals surface area contributed by atoms with Gasteiger partial charge >= 0.3 is 0 Å². The van der Waals surface area contributed by atoms with Crippen LogP contribution in [0, 0.1) is 0 Å². The Balaban J connectivity index is 1.37. The van der Waals surface area contributed by atoms with Gasteiger partial charge in [-0.2, -0.15) is 0 Å². The predicted molar refractivity (Wildman–Crippen MR) is 117 cm³/mol. The van der Waals surface area contributed by atoms with Crippen LogP contribution in [0.1, 0.15) is 31.2 Å². The van der Waals surface area contributed by atoms with Crippen molar-refractivity contribution in [1.29, 1.82) is 0 Å². The van der Waals surface area contributed by atoms with Crippen molar-refractivity contribution in [3.05, 3.63) is 29.8 Å². The lowest BCUT2D eigenvalue weighted by atomic mass is 10.0. The van der Waals surface area contributed by atoms with Crippen LogP contribution in [0.2, 0.25) is 0 Å². The van der Waals surface area contributed by atoms with E-state index in [9.17, 15) is 14.7 Å². The maximum atomic E-state index is 13.0. The van der Waals surface area contributed by atoms with Crippen molar-refractivity contribution in [2.24, 2.45) is 0 Å². The first-order valence-electron chi connectivity index (χ1n) is 11.3. The maximum Gasteiger partial charge on any atom is 0.239 e. The number of carbonyl (C=O) groups is 2. The fraction of sp³-hybridized carbons (Fsp3) is 0.652. The molecule has 3 aliphatic heterocycles. The van der Waals surface area contributed by atoms with Gasteiger partial charge in [0.2, 0.25) is 11.8 Å². The number of nitrogens with one attached hydrogen (secondary N) is 1. The Morgan fingerprint density at radius 3 is 2.68 bits per heavy atom. The van der Waals surface area contributed by atoms with Crippen molar-refractivity contribution in [3.8, 4) is 5.75 Å². The summed E-state index contributed by atoms with van der Waals surface area (Å²) in [6.45, 7) is 3.25. The Morgan fingerprint density at radius 2 is 2.00 bits per heavy atom. The van der Waals surface area contributed by atoms with Crippen LogP contribution in [0.5, 0.6) is 5.75 Å². The standard InChI is InChI=1S/C23H34N4O4/c1-25-17(5-8-21(29)26-11-9-18(28)15-26)13-24-23(30)22-20(25)10-12-27(22)14-16-3-6-19(31-2)7-4-16/h3-4,6-7,17-18,20,22,28H,5,8-15H2,1-2H3,(H,24,30). The molecule has 4 rings (SSSR count).